The van der Waals surface area contributed by atoms with Crippen molar-refractivity contribution in [2.75, 3.05) is 0 Å². The zero-order valence-corrected chi connectivity index (χ0v) is 11.6. The standard InChI is InChI=1S/C13H14N4OS/c1-9(2)12-14-10(8-19-12)7-17-13(18)16-6-4-3-5-11(16)15-17/h3-6,8-9H,7H2,1-2H3. The van der Waals surface area contributed by atoms with Gasteiger partial charge in [-0.15, -0.1) is 16.4 Å². The van der Waals surface area contributed by atoms with Gasteiger partial charge in [0, 0.05) is 17.5 Å². The predicted molar refractivity (Wildman–Crippen MR) is 74.8 cm³/mol. The van der Waals surface area contributed by atoms with Gasteiger partial charge in [0.25, 0.3) is 0 Å². The van der Waals surface area contributed by atoms with Crippen LogP contribution in [0.15, 0.2) is 34.6 Å². The van der Waals surface area contributed by atoms with E-state index in [1.807, 2.05) is 23.6 Å². The highest BCUT2D eigenvalue weighted by Crippen LogP contribution is 2.19. The summed E-state index contributed by atoms with van der Waals surface area (Å²) in [6.07, 6.45) is 1.72. The first kappa shape index (κ1) is 12.1. The highest BCUT2D eigenvalue weighted by atomic mass is 32.1. The quantitative estimate of drug-likeness (QED) is 0.735. The first-order valence-electron chi connectivity index (χ1n) is 6.13. The fourth-order valence-electron chi connectivity index (χ4n) is 1.88. The van der Waals surface area contributed by atoms with E-state index in [-0.39, 0.29) is 5.69 Å². The summed E-state index contributed by atoms with van der Waals surface area (Å²) >= 11 is 1.63. The summed E-state index contributed by atoms with van der Waals surface area (Å²) in [7, 11) is 0. The minimum Gasteiger partial charge on any atom is -0.250 e. The summed E-state index contributed by atoms with van der Waals surface area (Å²) in [6.45, 7) is 4.64. The molecule has 3 heterocycles. The molecule has 3 aromatic heterocycles. The van der Waals surface area contributed by atoms with Gasteiger partial charge in [-0.1, -0.05) is 19.9 Å². The molecule has 0 aromatic carbocycles. The van der Waals surface area contributed by atoms with E-state index in [0.717, 1.165) is 10.7 Å². The molecule has 0 aliphatic heterocycles. The molecule has 98 valence electrons. The molecule has 0 aliphatic carbocycles. The van der Waals surface area contributed by atoms with Gasteiger partial charge in [0.1, 0.15) is 0 Å². The zero-order valence-electron chi connectivity index (χ0n) is 10.8. The summed E-state index contributed by atoms with van der Waals surface area (Å²) < 4.78 is 2.99. The average molecular weight is 274 g/mol. The Labute approximate surface area is 114 Å². The van der Waals surface area contributed by atoms with Crippen molar-refractivity contribution in [1.29, 1.82) is 0 Å². The van der Waals surface area contributed by atoms with Crippen LogP contribution in [0.25, 0.3) is 5.65 Å². The monoisotopic (exact) mass is 274 g/mol. The molecule has 0 unspecified atom stereocenters. The Hall–Kier alpha value is -1.95. The molecule has 0 N–H and O–H groups in total. The van der Waals surface area contributed by atoms with Crippen LogP contribution in [0.4, 0.5) is 0 Å². The van der Waals surface area contributed by atoms with Crippen molar-refractivity contribution >= 4 is 17.0 Å². The minimum atomic E-state index is -0.130. The number of thiazole rings is 1. The third kappa shape index (κ3) is 2.19. The lowest BCUT2D eigenvalue weighted by atomic mass is 10.2. The number of nitrogens with zero attached hydrogens (tertiary/aromatic N) is 4. The maximum Gasteiger partial charge on any atom is 0.350 e. The summed E-state index contributed by atoms with van der Waals surface area (Å²) in [5.41, 5.74) is 1.42. The van der Waals surface area contributed by atoms with Crippen LogP contribution in [0.3, 0.4) is 0 Å². The highest BCUT2D eigenvalue weighted by molar-refractivity contribution is 7.09. The van der Waals surface area contributed by atoms with Gasteiger partial charge in [0.15, 0.2) is 5.65 Å². The van der Waals surface area contributed by atoms with Crippen molar-refractivity contribution in [1.82, 2.24) is 19.2 Å². The topological polar surface area (TPSA) is 52.2 Å². The van der Waals surface area contributed by atoms with Crippen LogP contribution in [0.5, 0.6) is 0 Å². The van der Waals surface area contributed by atoms with Crippen molar-refractivity contribution in [3.63, 3.8) is 0 Å². The van der Waals surface area contributed by atoms with E-state index in [2.05, 4.69) is 23.9 Å². The number of hydrogen-bond donors (Lipinski definition) is 0. The molecule has 0 amide bonds. The third-order valence-corrected chi connectivity index (χ3v) is 4.06. The van der Waals surface area contributed by atoms with Gasteiger partial charge in [0.05, 0.1) is 17.2 Å². The van der Waals surface area contributed by atoms with E-state index in [9.17, 15) is 4.79 Å². The summed E-state index contributed by atoms with van der Waals surface area (Å²) in [5, 5.41) is 7.37. The van der Waals surface area contributed by atoms with Gasteiger partial charge in [0.2, 0.25) is 0 Å². The molecule has 19 heavy (non-hydrogen) atoms. The van der Waals surface area contributed by atoms with Gasteiger partial charge < -0.3 is 0 Å². The van der Waals surface area contributed by atoms with Gasteiger partial charge >= 0.3 is 5.69 Å². The van der Waals surface area contributed by atoms with Gasteiger partial charge in [-0.05, 0) is 12.1 Å². The molecule has 0 saturated carbocycles. The number of hydrogen-bond acceptors (Lipinski definition) is 4. The molecule has 3 rings (SSSR count). The SMILES string of the molecule is CC(C)c1nc(Cn2nc3ccccn3c2=O)cs1. The second-order valence-corrected chi connectivity index (χ2v) is 5.59. The smallest absolute Gasteiger partial charge is 0.250 e. The third-order valence-electron chi connectivity index (χ3n) is 2.86. The Morgan fingerprint density at radius 3 is 2.89 bits per heavy atom. The van der Waals surface area contributed by atoms with Gasteiger partial charge in [-0.2, -0.15) is 0 Å². The van der Waals surface area contributed by atoms with E-state index < -0.39 is 0 Å². The molecule has 0 fully saturated rings. The Morgan fingerprint density at radius 2 is 2.21 bits per heavy atom. The van der Waals surface area contributed by atoms with Crippen LogP contribution >= 0.6 is 11.3 Å². The average Bonchev–Trinajstić information content (AvgIpc) is 2.97. The van der Waals surface area contributed by atoms with Crippen LogP contribution < -0.4 is 5.69 Å². The molecule has 0 aliphatic rings. The lowest BCUT2D eigenvalue weighted by molar-refractivity contribution is 0.645. The highest BCUT2D eigenvalue weighted by Gasteiger charge is 2.10. The van der Waals surface area contributed by atoms with Gasteiger partial charge in [-0.3, -0.25) is 4.40 Å². The number of aromatic nitrogens is 4. The van der Waals surface area contributed by atoms with Crippen LogP contribution in [0.1, 0.15) is 30.5 Å². The predicted octanol–water partition coefficient (Wildman–Crippen LogP) is 2.12. The molecular weight excluding hydrogens is 260 g/mol. The number of rotatable bonds is 3. The molecule has 0 atom stereocenters. The van der Waals surface area contributed by atoms with E-state index >= 15 is 0 Å². The van der Waals surface area contributed by atoms with Crippen molar-refractivity contribution in [2.24, 2.45) is 0 Å². The Kier molecular flexibility index (Phi) is 2.94. The van der Waals surface area contributed by atoms with Gasteiger partial charge in [-0.25, -0.2) is 14.5 Å². The summed E-state index contributed by atoms with van der Waals surface area (Å²) in [5.74, 6) is 0.413. The largest absolute Gasteiger partial charge is 0.350 e. The van der Waals surface area contributed by atoms with Crippen LogP contribution in [-0.2, 0) is 6.54 Å². The van der Waals surface area contributed by atoms with E-state index in [4.69, 9.17) is 0 Å². The lowest BCUT2D eigenvalue weighted by Gasteiger charge is -1.97. The fourth-order valence-corrected chi connectivity index (χ4v) is 2.71. The van der Waals surface area contributed by atoms with Crippen LogP contribution in [0.2, 0.25) is 0 Å². The fraction of sp³-hybridized carbons (Fsp3) is 0.308. The molecule has 5 nitrogen and oxygen atoms in total. The molecule has 0 bridgehead atoms. The number of fused-ring (bicyclic) bond motifs is 1. The Morgan fingerprint density at radius 1 is 1.37 bits per heavy atom. The second-order valence-electron chi connectivity index (χ2n) is 4.70. The van der Waals surface area contributed by atoms with Crippen LogP contribution in [-0.4, -0.2) is 19.2 Å². The summed E-state index contributed by atoms with van der Waals surface area (Å²) in [6, 6.07) is 5.50. The molecule has 0 spiro atoms. The molecule has 3 aromatic rings. The van der Waals surface area contributed by atoms with Crippen molar-refractivity contribution < 1.29 is 0 Å². The molecule has 0 radical (unpaired) electrons. The maximum atomic E-state index is 12.1. The first-order valence-corrected chi connectivity index (χ1v) is 7.01. The van der Waals surface area contributed by atoms with Crippen molar-refractivity contribution in [2.45, 2.75) is 26.3 Å². The molecule has 6 heteroatoms. The lowest BCUT2D eigenvalue weighted by Crippen LogP contribution is -2.21. The van der Waals surface area contributed by atoms with Crippen molar-refractivity contribution in [3.8, 4) is 0 Å². The van der Waals surface area contributed by atoms with E-state index in [0.29, 0.717) is 18.1 Å². The Bertz CT molecular complexity index is 768. The molecular formula is C13H14N4OS. The first-order chi connectivity index (χ1) is 9.15. The number of pyridine rings is 1. The zero-order chi connectivity index (χ0) is 13.4. The Balaban J connectivity index is 1.96. The normalized spacial score (nSPS) is 11.5. The van der Waals surface area contributed by atoms with Crippen molar-refractivity contribution in [3.05, 3.63) is 51.0 Å². The van der Waals surface area contributed by atoms with E-state index in [1.54, 1.807) is 17.5 Å². The molecule has 0 saturated heterocycles. The minimum absolute atomic E-state index is 0.130. The summed E-state index contributed by atoms with van der Waals surface area (Å²) in [4.78, 5) is 16.6. The maximum absolute atomic E-state index is 12.1. The van der Waals surface area contributed by atoms with E-state index in [1.165, 1.54) is 9.08 Å². The van der Waals surface area contributed by atoms with Crippen LogP contribution in [0, 0.1) is 0 Å². The second kappa shape index (κ2) is 4.62.